The lowest BCUT2D eigenvalue weighted by molar-refractivity contribution is -0.136. The molecule has 3 aliphatic heterocycles. The fourth-order valence-electron chi connectivity index (χ4n) is 7.90. The number of piperazine rings is 1. The molecule has 0 bridgehead atoms. The van der Waals surface area contributed by atoms with Crippen molar-refractivity contribution in [1.29, 1.82) is 0 Å². The first-order valence-electron chi connectivity index (χ1n) is 20.3. The van der Waals surface area contributed by atoms with Gasteiger partial charge >= 0.3 is 0 Å². The first-order chi connectivity index (χ1) is 29.1. The number of hydrogen-bond acceptors (Lipinski definition) is 11. The summed E-state index contributed by atoms with van der Waals surface area (Å²) in [4.78, 5) is 68.4. The Labute approximate surface area is 348 Å². The zero-order valence-electron chi connectivity index (χ0n) is 33.5. The standard InChI is InChI=1S/C46H49N5O9/c1-2-36(30-6-12-33(52)13-7-30)42(31-8-14-34(53)15-9-31)32-10-16-35(17-11-32)60-29-26-49-22-24-50(25-23-49)41(55)20-27-59-28-21-47-38-5-3-4-37-43(38)46(58)51(45(37)57)39-18-19-40(54)48-44(39)56/h3-17,39,47,52-53H,2,18-29H2,1H3,(H,48,54,56). The summed E-state index contributed by atoms with van der Waals surface area (Å²) in [7, 11) is 0. The third-order valence-corrected chi connectivity index (χ3v) is 11.1. The molecule has 60 heavy (non-hydrogen) atoms. The highest BCUT2D eigenvalue weighted by atomic mass is 16.5. The van der Waals surface area contributed by atoms with E-state index in [-0.39, 0.29) is 61.0 Å². The number of benzene rings is 4. The molecule has 4 N–H and O–H groups in total. The van der Waals surface area contributed by atoms with Crippen LogP contribution in [0.4, 0.5) is 5.69 Å². The Bertz CT molecular complexity index is 2250. The molecule has 14 nitrogen and oxygen atoms in total. The largest absolute Gasteiger partial charge is 0.508 e. The number of allylic oxidation sites excluding steroid dienone is 1. The van der Waals surface area contributed by atoms with Crippen LogP contribution >= 0.6 is 0 Å². The van der Waals surface area contributed by atoms with Crippen molar-refractivity contribution >= 4 is 46.4 Å². The van der Waals surface area contributed by atoms with Crippen LogP contribution in [0.2, 0.25) is 0 Å². The predicted molar refractivity (Wildman–Crippen MR) is 224 cm³/mol. The van der Waals surface area contributed by atoms with Crippen LogP contribution in [0, 0.1) is 0 Å². The lowest BCUT2D eigenvalue weighted by atomic mass is 9.88. The highest BCUT2D eigenvalue weighted by Crippen LogP contribution is 2.36. The summed E-state index contributed by atoms with van der Waals surface area (Å²) in [5, 5.41) is 25.2. The molecule has 0 aromatic heterocycles. The van der Waals surface area contributed by atoms with Crippen LogP contribution in [-0.2, 0) is 19.1 Å². The first kappa shape index (κ1) is 41.6. The van der Waals surface area contributed by atoms with E-state index < -0.39 is 29.7 Å². The molecule has 3 aliphatic rings. The van der Waals surface area contributed by atoms with Gasteiger partial charge in [0.05, 0.1) is 30.8 Å². The molecule has 4 aromatic rings. The Morgan fingerprint density at radius 3 is 2.08 bits per heavy atom. The average molecular weight is 816 g/mol. The van der Waals surface area contributed by atoms with Gasteiger partial charge in [0, 0.05) is 51.4 Å². The molecule has 2 fully saturated rings. The van der Waals surface area contributed by atoms with E-state index in [0.717, 1.165) is 64.5 Å². The van der Waals surface area contributed by atoms with E-state index in [0.29, 0.717) is 31.9 Å². The summed E-state index contributed by atoms with van der Waals surface area (Å²) in [6.45, 7) is 6.86. The van der Waals surface area contributed by atoms with E-state index >= 15 is 0 Å². The van der Waals surface area contributed by atoms with E-state index in [1.807, 2.05) is 53.4 Å². The van der Waals surface area contributed by atoms with Crippen molar-refractivity contribution in [3.63, 3.8) is 0 Å². The second-order valence-electron chi connectivity index (χ2n) is 14.9. The second-order valence-corrected chi connectivity index (χ2v) is 14.9. The maximum Gasteiger partial charge on any atom is 0.264 e. The van der Waals surface area contributed by atoms with Crippen molar-refractivity contribution < 1.29 is 43.7 Å². The number of phenolic OH excluding ortho intramolecular Hbond substituents is 2. The van der Waals surface area contributed by atoms with Crippen molar-refractivity contribution in [2.75, 3.05) is 64.4 Å². The van der Waals surface area contributed by atoms with Crippen LogP contribution in [0.3, 0.4) is 0 Å². The highest BCUT2D eigenvalue weighted by molar-refractivity contribution is 6.25. The molecule has 2 saturated heterocycles. The molecule has 0 saturated carbocycles. The minimum atomic E-state index is -1.04. The Kier molecular flexibility index (Phi) is 13.2. The molecule has 5 amide bonds. The fourth-order valence-corrected chi connectivity index (χ4v) is 7.90. The average Bonchev–Trinajstić information content (AvgIpc) is 3.51. The third kappa shape index (κ3) is 9.51. The molecule has 7 rings (SSSR count). The van der Waals surface area contributed by atoms with Crippen molar-refractivity contribution in [3.8, 4) is 17.2 Å². The summed E-state index contributed by atoms with van der Waals surface area (Å²) >= 11 is 0. The maximum atomic E-state index is 13.3. The molecule has 312 valence electrons. The van der Waals surface area contributed by atoms with E-state index in [4.69, 9.17) is 9.47 Å². The monoisotopic (exact) mass is 815 g/mol. The number of nitrogens with zero attached hydrogens (tertiary/aromatic N) is 3. The van der Waals surface area contributed by atoms with Gasteiger partial charge in [0.1, 0.15) is 29.9 Å². The van der Waals surface area contributed by atoms with Crippen LogP contribution in [0.25, 0.3) is 11.1 Å². The minimum absolute atomic E-state index is 0.0230. The summed E-state index contributed by atoms with van der Waals surface area (Å²) in [5.41, 5.74) is 5.97. The van der Waals surface area contributed by atoms with Crippen LogP contribution in [0.1, 0.15) is 70.0 Å². The zero-order valence-corrected chi connectivity index (χ0v) is 33.5. The number of piperidine rings is 1. The Hall–Kier alpha value is -6.51. The normalized spacial score (nSPS) is 17.3. The number of hydrogen-bond donors (Lipinski definition) is 4. The van der Waals surface area contributed by atoms with Gasteiger partial charge in [-0.1, -0.05) is 49.4 Å². The van der Waals surface area contributed by atoms with Gasteiger partial charge in [0.2, 0.25) is 17.7 Å². The Balaban J connectivity index is 0.821. The topological polar surface area (TPSA) is 178 Å². The fraction of sp³-hybridized carbons (Fsp3) is 0.326. The molecule has 14 heteroatoms. The summed E-state index contributed by atoms with van der Waals surface area (Å²) in [6.07, 6.45) is 1.14. The van der Waals surface area contributed by atoms with E-state index in [9.17, 15) is 34.2 Å². The number of imide groups is 2. The van der Waals surface area contributed by atoms with Gasteiger partial charge in [-0.3, -0.25) is 39.1 Å². The van der Waals surface area contributed by atoms with Gasteiger partial charge in [-0.05, 0) is 89.2 Å². The van der Waals surface area contributed by atoms with Crippen LogP contribution in [0.5, 0.6) is 17.2 Å². The molecule has 0 aliphatic carbocycles. The number of aromatic hydroxyl groups is 2. The maximum absolute atomic E-state index is 13.3. The first-order valence-corrected chi connectivity index (χ1v) is 20.3. The molecular formula is C46H49N5O9. The SMILES string of the molecule is CCC(=C(c1ccc(O)cc1)c1ccc(OCCN2CCN(C(=O)CCOCCNc3cccc4c3C(=O)N(C3CCC(=O)NC3=O)C4=O)CC2)cc1)c1ccc(O)cc1. The quantitative estimate of drug-likeness (QED) is 0.0687. The Morgan fingerprint density at radius 1 is 0.783 bits per heavy atom. The number of carbonyl (C=O) groups excluding carboxylic acids is 5. The minimum Gasteiger partial charge on any atom is -0.508 e. The lowest BCUT2D eigenvalue weighted by Gasteiger charge is -2.34. The van der Waals surface area contributed by atoms with Crippen molar-refractivity contribution in [1.82, 2.24) is 20.0 Å². The highest BCUT2D eigenvalue weighted by Gasteiger charge is 2.45. The van der Waals surface area contributed by atoms with Gasteiger partial charge in [-0.15, -0.1) is 0 Å². The molecule has 0 spiro atoms. The van der Waals surface area contributed by atoms with Crippen LogP contribution < -0.4 is 15.4 Å². The molecule has 4 aromatic carbocycles. The van der Waals surface area contributed by atoms with Gasteiger partial charge in [-0.2, -0.15) is 0 Å². The number of rotatable bonds is 16. The molecular weight excluding hydrogens is 767 g/mol. The third-order valence-electron chi connectivity index (χ3n) is 11.1. The van der Waals surface area contributed by atoms with Crippen molar-refractivity contribution in [2.45, 2.75) is 38.6 Å². The van der Waals surface area contributed by atoms with Crippen molar-refractivity contribution in [2.24, 2.45) is 0 Å². The van der Waals surface area contributed by atoms with Gasteiger partial charge < -0.3 is 29.9 Å². The smallest absolute Gasteiger partial charge is 0.264 e. The van der Waals surface area contributed by atoms with Crippen LogP contribution in [0.15, 0.2) is 91.0 Å². The number of amides is 5. The lowest BCUT2D eigenvalue weighted by Crippen LogP contribution is -2.54. The van der Waals surface area contributed by atoms with Crippen LogP contribution in [-0.4, -0.2) is 120 Å². The summed E-state index contributed by atoms with van der Waals surface area (Å²) < 4.78 is 11.9. The van der Waals surface area contributed by atoms with Gasteiger partial charge in [-0.25, -0.2) is 0 Å². The van der Waals surface area contributed by atoms with E-state index in [1.165, 1.54) is 0 Å². The molecule has 1 atom stereocenters. The number of ether oxygens (including phenoxy) is 2. The number of nitrogens with one attached hydrogen (secondary N) is 2. The second kappa shape index (κ2) is 19.0. The molecule has 1 unspecified atom stereocenters. The van der Waals surface area contributed by atoms with Gasteiger partial charge in [0.15, 0.2) is 0 Å². The predicted octanol–water partition coefficient (Wildman–Crippen LogP) is 4.91. The zero-order chi connectivity index (χ0) is 42.2. The molecule has 3 heterocycles. The summed E-state index contributed by atoms with van der Waals surface area (Å²) in [5.74, 6) is -1.05. The number of phenols is 2. The number of carbonyl (C=O) groups is 5. The van der Waals surface area contributed by atoms with E-state index in [1.54, 1.807) is 42.5 Å². The van der Waals surface area contributed by atoms with E-state index in [2.05, 4.69) is 22.5 Å². The number of anilines is 1. The van der Waals surface area contributed by atoms with Gasteiger partial charge in [0.25, 0.3) is 11.8 Å². The molecule has 0 radical (unpaired) electrons. The Morgan fingerprint density at radius 2 is 1.43 bits per heavy atom. The summed E-state index contributed by atoms with van der Waals surface area (Å²) in [6, 6.07) is 26.2. The van der Waals surface area contributed by atoms with Crippen molar-refractivity contribution in [3.05, 3.63) is 119 Å². The number of fused-ring (bicyclic) bond motifs is 1.